The molecule has 0 heterocycles. The number of methoxy groups -OCH3 is 1. The van der Waals surface area contributed by atoms with Gasteiger partial charge in [-0.3, -0.25) is 4.79 Å². The monoisotopic (exact) mass is 307 g/mol. The van der Waals surface area contributed by atoms with Crippen LogP contribution in [0.2, 0.25) is 0 Å². The Bertz CT molecular complexity index is 513. The van der Waals surface area contributed by atoms with E-state index in [0.29, 0.717) is 12.8 Å². The molecule has 0 unspecified atom stereocenters. The zero-order valence-corrected chi connectivity index (χ0v) is 13.6. The summed E-state index contributed by atoms with van der Waals surface area (Å²) >= 11 is 0. The van der Waals surface area contributed by atoms with Crippen LogP contribution in [0.15, 0.2) is 24.3 Å². The Hall–Kier alpha value is -1.88. The normalized spacial score (nSPS) is 13.5. The summed E-state index contributed by atoms with van der Waals surface area (Å²) in [6.07, 6.45) is -0.437. The molecule has 122 valence electrons. The third-order valence-corrected chi connectivity index (χ3v) is 3.48. The van der Waals surface area contributed by atoms with Gasteiger partial charge in [-0.2, -0.15) is 0 Å². The van der Waals surface area contributed by atoms with Crippen LogP contribution in [0.4, 0.5) is 0 Å². The highest BCUT2D eigenvalue weighted by Gasteiger charge is 2.26. The van der Waals surface area contributed by atoms with Gasteiger partial charge < -0.3 is 15.2 Å². The molecule has 0 aliphatic rings. The highest BCUT2D eigenvalue weighted by molar-refractivity contribution is 5.87. The van der Waals surface area contributed by atoms with Gasteiger partial charge in [-0.25, -0.2) is 4.79 Å². The van der Waals surface area contributed by atoms with Crippen LogP contribution < -0.4 is 5.32 Å². The number of carbonyl (C=O) groups is 2. The summed E-state index contributed by atoms with van der Waals surface area (Å²) in [5.74, 6) is -0.875. The number of aliphatic hydroxyl groups is 1. The lowest BCUT2D eigenvalue weighted by Crippen LogP contribution is -2.47. The van der Waals surface area contributed by atoms with E-state index in [1.54, 1.807) is 0 Å². The molecule has 0 fully saturated rings. The van der Waals surface area contributed by atoms with Gasteiger partial charge in [0, 0.05) is 6.42 Å². The van der Waals surface area contributed by atoms with Gasteiger partial charge in [0.2, 0.25) is 5.91 Å². The molecular formula is C17H25NO4. The average molecular weight is 307 g/mol. The summed E-state index contributed by atoms with van der Waals surface area (Å²) < 4.78 is 4.75. The second kappa shape index (κ2) is 8.54. The van der Waals surface area contributed by atoms with E-state index in [-0.39, 0.29) is 5.92 Å². The summed E-state index contributed by atoms with van der Waals surface area (Å²) in [4.78, 5) is 23.9. The van der Waals surface area contributed by atoms with Crippen molar-refractivity contribution in [2.24, 2.45) is 5.92 Å². The number of benzene rings is 1. The molecule has 1 rings (SSSR count). The highest BCUT2D eigenvalue weighted by atomic mass is 16.5. The smallest absolute Gasteiger partial charge is 0.328 e. The number of carbonyl (C=O) groups excluding carboxylic acids is 2. The Morgan fingerprint density at radius 1 is 1.27 bits per heavy atom. The topological polar surface area (TPSA) is 75.6 Å². The molecule has 0 aliphatic heterocycles. The fraction of sp³-hybridized carbons (Fsp3) is 0.529. The van der Waals surface area contributed by atoms with Gasteiger partial charge in [-0.1, -0.05) is 38.1 Å². The minimum Gasteiger partial charge on any atom is -0.467 e. The first-order chi connectivity index (χ1) is 10.3. The molecule has 5 nitrogen and oxygen atoms in total. The maximum Gasteiger partial charge on any atom is 0.328 e. The minimum atomic E-state index is -1.12. The van der Waals surface area contributed by atoms with Crippen molar-refractivity contribution in [1.82, 2.24) is 5.32 Å². The van der Waals surface area contributed by atoms with Crippen LogP contribution in [0.25, 0.3) is 0 Å². The van der Waals surface area contributed by atoms with Crippen molar-refractivity contribution in [3.63, 3.8) is 0 Å². The average Bonchev–Trinajstić information content (AvgIpc) is 2.47. The van der Waals surface area contributed by atoms with Crippen molar-refractivity contribution >= 4 is 11.9 Å². The fourth-order valence-electron chi connectivity index (χ4n) is 2.22. The molecule has 0 aromatic heterocycles. The molecule has 0 saturated carbocycles. The zero-order chi connectivity index (χ0) is 16.7. The van der Waals surface area contributed by atoms with Gasteiger partial charge in [0.05, 0.1) is 7.11 Å². The third kappa shape index (κ3) is 5.48. The van der Waals surface area contributed by atoms with E-state index in [1.807, 2.05) is 45.0 Å². The molecule has 2 atom stereocenters. The quantitative estimate of drug-likeness (QED) is 0.750. The van der Waals surface area contributed by atoms with Crippen LogP contribution in [-0.2, 0) is 20.7 Å². The largest absolute Gasteiger partial charge is 0.467 e. The predicted octanol–water partition coefficient (Wildman–Crippen LogP) is 1.60. The van der Waals surface area contributed by atoms with E-state index < -0.39 is 24.0 Å². The molecule has 2 N–H and O–H groups in total. The molecule has 0 spiro atoms. The second-order valence-electron chi connectivity index (χ2n) is 5.86. The number of esters is 1. The maximum absolute atomic E-state index is 12.0. The summed E-state index contributed by atoms with van der Waals surface area (Å²) in [5.41, 5.74) is 1.99. The van der Waals surface area contributed by atoms with Crippen LogP contribution in [0.5, 0.6) is 0 Å². The molecule has 0 bridgehead atoms. The van der Waals surface area contributed by atoms with Gasteiger partial charge in [0.1, 0.15) is 12.1 Å². The number of nitrogens with one attached hydrogen (secondary N) is 1. The Morgan fingerprint density at radius 3 is 2.45 bits per heavy atom. The maximum atomic E-state index is 12.0. The van der Waals surface area contributed by atoms with E-state index in [1.165, 1.54) is 7.11 Å². The third-order valence-electron chi connectivity index (χ3n) is 3.48. The summed E-state index contributed by atoms with van der Waals surface area (Å²) in [5, 5.41) is 12.4. The van der Waals surface area contributed by atoms with Crippen molar-refractivity contribution in [3.05, 3.63) is 35.4 Å². The van der Waals surface area contributed by atoms with Gasteiger partial charge >= 0.3 is 5.97 Å². The summed E-state index contributed by atoms with van der Waals surface area (Å²) in [6.45, 7) is 5.78. The number of amides is 1. The predicted molar refractivity (Wildman–Crippen MR) is 84.3 cm³/mol. The van der Waals surface area contributed by atoms with Crippen molar-refractivity contribution in [3.8, 4) is 0 Å². The summed E-state index contributed by atoms with van der Waals surface area (Å²) in [7, 11) is 1.28. The van der Waals surface area contributed by atoms with Gasteiger partial charge in [-0.15, -0.1) is 0 Å². The van der Waals surface area contributed by atoms with E-state index >= 15 is 0 Å². The van der Waals surface area contributed by atoms with Crippen LogP contribution in [-0.4, -0.2) is 36.2 Å². The Kier molecular flexibility index (Phi) is 7.05. The Morgan fingerprint density at radius 2 is 1.91 bits per heavy atom. The molecule has 1 aromatic carbocycles. The number of aryl methyl sites for hydroxylation is 1. The van der Waals surface area contributed by atoms with Crippen molar-refractivity contribution in [2.45, 2.75) is 45.8 Å². The lowest BCUT2D eigenvalue weighted by atomic mass is 10.0. The van der Waals surface area contributed by atoms with Crippen LogP contribution in [0.3, 0.4) is 0 Å². The van der Waals surface area contributed by atoms with Crippen molar-refractivity contribution in [2.75, 3.05) is 7.11 Å². The zero-order valence-electron chi connectivity index (χ0n) is 13.6. The van der Waals surface area contributed by atoms with E-state index in [4.69, 9.17) is 4.74 Å². The standard InChI is InChI=1S/C17H25NO4/c1-11(2)9-15(19)16(20)18-14(17(21)22-4)10-13-8-6-5-7-12(13)3/h5-8,11,14-15,19H,9-10H2,1-4H3,(H,18,20)/t14-,15+/m1/s1. The van der Waals surface area contributed by atoms with E-state index in [2.05, 4.69) is 5.32 Å². The molecule has 0 saturated heterocycles. The molecule has 22 heavy (non-hydrogen) atoms. The molecule has 1 amide bonds. The molecule has 1 aromatic rings. The van der Waals surface area contributed by atoms with Crippen LogP contribution in [0, 0.1) is 12.8 Å². The minimum absolute atomic E-state index is 0.189. The molecule has 0 aliphatic carbocycles. The molecular weight excluding hydrogens is 282 g/mol. The van der Waals surface area contributed by atoms with Crippen molar-refractivity contribution in [1.29, 1.82) is 0 Å². The van der Waals surface area contributed by atoms with Crippen molar-refractivity contribution < 1.29 is 19.4 Å². The van der Waals surface area contributed by atoms with E-state index in [9.17, 15) is 14.7 Å². The lowest BCUT2D eigenvalue weighted by Gasteiger charge is -2.20. The van der Waals surface area contributed by atoms with Crippen LogP contribution in [0.1, 0.15) is 31.4 Å². The lowest BCUT2D eigenvalue weighted by molar-refractivity contribution is -0.146. The van der Waals surface area contributed by atoms with Gasteiger partial charge in [0.25, 0.3) is 0 Å². The number of aliphatic hydroxyl groups excluding tert-OH is 1. The molecule has 5 heteroatoms. The fourth-order valence-corrected chi connectivity index (χ4v) is 2.22. The second-order valence-corrected chi connectivity index (χ2v) is 5.86. The first-order valence-corrected chi connectivity index (χ1v) is 7.46. The first-order valence-electron chi connectivity index (χ1n) is 7.46. The number of hydrogen-bond acceptors (Lipinski definition) is 4. The van der Waals surface area contributed by atoms with Gasteiger partial charge in [0.15, 0.2) is 0 Å². The number of hydrogen-bond donors (Lipinski definition) is 2. The number of rotatable bonds is 7. The van der Waals surface area contributed by atoms with E-state index in [0.717, 1.165) is 11.1 Å². The number of ether oxygens (including phenoxy) is 1. The Labute approximate surface area is 131 Å². The van der Waals surface area contributed by atoms with Crippen LogP contribution >= 0.6 is 0 Å². The SMILES string of the molecule is COC(=O)[C@@H](Cc1ccccc1C)NC(=O)[C@@H](O)CC(C)C. The Balaban J connectivity index is 2.79. The highest BCUT2D eigenvalue weighted by Crippen LogP contribution is 2.11. The van der Waals surface area contributed by atoms with Gasteiger partial charge in [-0.05, 0) is 30.4 Å². The summed E-state index contributed by atoms with van der Waals surface area (Å²) in [6, 6.07) is 6.84. The first kappa shape index (κ1) is 18.2. The molecule has 0 radical (unpaired) electrons.